The number of ether oxygens (including phenoxy) is 1. The highest BCUT2D eigenvalue weighted by atomic mass is 35.5. The van der Waals surface area contributed by atoms with Gasteiger partial charge in [0.05, 0.1) is 18.3 Å². The van der Waals surface area contributed by atoms with Gasteiger partial charge in [-0.3, -0.25) is 9.59 Å². The Labute approximate surface area is 205 Å². The van der Waals surface area contributed by atoms with E-state index in [2.05, 4.69) is 22.8 Å². The Balaban J connectivity index is 1.63. The lowest BCUT2D eigenvalue weighted by atomic mass is 10.1. The van der Waals surface area contributed by atoms with Crippen molar-refractivity contribution in [2.24, 2.45) is 5.10 Å². The molecular weight excluding hydrogens is 454 g/mol. The van der Waals surface area contributed by atoms with E-state index < -0.39 is 11.9 Å². The molecule has 0 radical (unpaired) electrons. The minimum atomic E-state index is -0.487. The van der Waals surface area contributed by atoms with Crippen molar-refractivity contribution in [3.8, 4) is 5.75 Å². The van der Waals surface area contributed by atoms with Crippen LogP contribution in [-0.2, 0) is 9.59 Å². The molecule has 2 amide bonds. The van der Waals surface area contributed by atoms with Crippen LogP contribution in [0, 0.1) is 0 Å². The number of benzene rings is 2. The normalized spacial score (nSPS) is 10.8. The van der Waals surface area contributed by atoms with Gasteiger partial charge in [0.1, 0.15) is 5.75 Å². The first-order valence-corrected chi connectivity index (χ1v) is 12.0. The Hall–Kier alpha value is -3.19. The molecule has 182 valence electrons. The first-order valence-electron chi connectivity index (χ1n) is 11.6. The number of halogens is 1. The van der Waals surface area contributed by atoms with Gasteiger partial charge in [-0.25, -0.2) is 10.2 Å². The second-order valence-electron chi connectivity index (χ2n) is 7.91. The molecule has 0 heterocycles. The summed E-state index contributed by atoms with van der Waals surface area (Å²) in [5, 5.41) is 7.02. The van der Waals surface area contributed by atoms with Gasteiger partial charge in [0.15, 0.2) is 0 Å². The fourth-order valence-electron chi connectivity index (χ4n) is 3.10. The number of nitrogens with zero attached hydrogens (tertiary/aromatic N) is 1. The third-order valence-electron chi connectivity index (χ3n) is 5.03. The lowest BCUT2D eigenvalue weighted by Gasteiger charge is -2.05. The molecule has 0 aliphatic carbocycles. The predicted octanol–water partition coefficient (Wildman–Crippen LogP) is 5.27. The van der Waals surface area contributed by atoms with Crippen LogP contribution >= 0.6 is 11.6 Å². The Morgan fingerprint density at radius 1 is 0.882 bits per heavy atom. The highest BCUT2D eigenvalue weighted by Crippen LogP contribution is 2.15. The number of nitrogens with one attached hydrogen (secondary N) is 2. The molecule has 0 aromatic heterocycles. The molecule has 7 nitrogen and oxygen atoms in total. The maximum absolute atomic E-state index is 12.1. The molecule has 0 fully saturated rings. The number of rotatable bonds is 14. The summed E-state index contributed by atoms with van der Waals surface area (Å²) >= 11 is 5.82. The summed E-state index contributed by atoms with van der Waals surface area (Å²) in [4.78, 5) is 35.8. The average molecular weight is 486 g/mol. The molecule has 8 heteroatoms. The molecule has 0 saturated heterocycles. The Bertz CT molecular complexity index is 944. The summed E-state index contributed by atoms with van der Waals surface area (Å²) in [6.45, 7) is 2.07. The lowest BCUT2D eigenvalue weighted by Crippen LogP contribution is -2.34. The molecule has 0 atom stereocenters. The standard InChI is InChI=1S/C26H32ClN3O4/c1-2-3-4-5-6-7-8-9-24(31)28-19-25(32)30-29-18-20-10-16-23(17-11-20)34-26(33)21-12-14-22(27)15-13-21/h10-18H,2-9,19H2,1H3,(H,28,31)(H,30,32). The fraction of sp³-hybridized carbons (Fsp3) is 0.385. The van der Waals surface area contributed by atoms with Crippen LogP contribution in [0.3, 0.4) is 0 Å². The number of hydrogen-bond acceptors (Lipinski definition) is 5. The smallest absolute Gasteiger partial charge is 0.343 e. The van der Waals surface area contributed by atoms with Crippen molar-refractivity contribution in [1.29, 1.82) is 0 Å². The van der Waals surface area contributed by atoms with Crippen LogP contribution in [0.5, 0.6) is 5.75 Å². The molecule has 0 bridgehead atoms. The molecule has 2 N–H and O–H groups in total. The minimum Gasteiger partial charge on any atom is -0.423 e. The summed E-state index contributed by atoms with van der Waals surface area (Å²) in [6.07, 6.45) is 9.87. The van der Waals surface area contributed by atoms with Crippen molar-refractivity contribution in [1.82, 2.24) is 10.7 Å². The van der Waals surface area contributed by atoms with Crippen molar-refractivity contribution in [3.63, 3.8) is 0 Å². The van der Waals surface area contributed by atoms with E-state index in [9.17, 15) is 14.4 Å². The Kier molecular flexibility index (Phi) is 12.4. The largest absolute Gasteiger partial charge is 0.423 e. The summed E-state index contributed by atoms with van der Waals surface area (Å²) < 4.78 is 5.31. The van der Waals surface area contributed by atoms with Crippen molar-refractivity contribution in [2.45, 2.75) is 58.3 Å². The van der Waals surface area contributed by atoms with Gasteiger partial charge >= 0.3 is 5.97 Å². The van der Waals surface area contributed by atoms with Gasteiger partial charge in [-0.15, -0.1) is 0 Å². The zero-order valence-electron chi connectivity index (χ0n) is 19.5. The number of carbonyl (C=O) groups excluding carboxylic acids is 3. The Morgan fingerprint density at radius 2 is 1.53 bits per heavy atom. The molecule has 0 spiro atoms. The van der Waals surface area contributed by atoms with Crippen LogP contribution in [0.4, 0.5) is 0 Å². The van der Waals surface area contributed by atoms with E-state index in [-0.39, 0.29) is 12.5 Å². The lowest BCUT2D eigenvalue weighted by molar-refractivity contribution is -0.126. The van der Waals surface area contributed by atoms with Gasteiger partial charge in [-0.1, -0.05) is 57.0 Å². The molecule has 2 aromatic rings. The van der Waals surface area contributed by atoms with Crippen LogP contribution in [0.25, 0.3) is 0 Å². The number of hydrazone groups is 1. The monoisotopic (exact) mass is 485 g/mol. The van der Waals surface area contributed by atoms with Crippen LogP contribution in [0.1, 0.15) is 74.2 Å². The van der Waals surface area contributed by atoms with Gasteiger partial charge in [-0.2, -0.15) is 5.10 Å². The second-order valence-corrected chi connectivity index (χ2v) is 8.34. The van der Waals surface area contributed by atoms with E-state index in [1.165, 1.54) is 31.9 Å². The number of amides is 2. The van der Waals surface area contributed by atoms with E-state index in [1.807, 2.05) is 0 Å². The third-order valence-corrected chi connectivity index (χ3v) is 5.28. The van der Waals surface area contributed by atoms with Crippen molar-refractivity contribution in [3.05, 3.63) is 64.7 Å². The summed E-state index contributed by atoms with van der Waals surface area (Å²) in [5.74, 6) is -0.640. The van der Waals surface area contributed by atoms with E-state index in [1.54, 1.807) is 48.5 Å². The molecule has 0 saturated carbocycles. The van der Waals surface area contributed by atoms with Crippen LogP contribution < -0.4 is 15.5 Å². The van der Waals surface area contributed by atoms with Crippen molar-refractivity contribution in [2.75, 3.05) is 6.54 Å². The molecule has 0 aliphatic rings. The number of carbonyl (C=O) groups is 3. The quantitative estimate of drug-likeness (QED) is 0.125. The number of hydrogen-bond donors (Lipinski definition) is 2. The molecular formula is C26H32ClN3O4. The first-order chi connectivity index (χ1) is 16.5. The van der Waals surface area contributed by atoms with Crippen LogP contribution in [-0.4, -0.2) is 30.5 Å². The van der Waals surface area contributed by atoms with Crippen LogP contribution in [0.15, 0.2) is 53.6 Å². The molecule has 34 heavy (non-hydrogen) atoms. The van der Waals surface area contributed by atoms with Crippen molar-refractivity contribution < 1.29 is 19.1 Å². The number of unbranched alkanes of at least 4 members (excludes halogenated alkanes) is 6. The zero-order valence-corrected chi connectivity index (χ0v) is 20.3. The predicted molar refractivity (Wildman–Crippen MR) is 134 cm³/mol. The average Bonchev–Trinajstić information content (AvgIpc) is 2.83. The molecule has 2 rings (SSSR count). The SMILES string of the molecule is CCCCCCCCCC(=O)NCC(=O)NN=Cc1ccc(OC(=O)c2ccc(Cl)cc2)cc1. The van der Waals surface area contributed by atoms with Crippen LogP contribution in [0.2, 0.25) is 5.02 Å². The Morgan fingerprint density at radius 3 is 2.21 bits per heavy atom. The van der Waals surface area contributed by atoms with Gasteiger partial charge < -0.3 is 10.1 Å². The fourth-order valence-corrected chi connectivity index (χ4v) is 3.23. The minimum absolute atomic E-state index is 0.119. The van der Waals surface area contributed by atoms with E-state index in [0.717, 1.165) is 19.3 Å². The maximum atomic E-state index is 12.1. The zero-order chi connectivity index (χ0) is 24.6. The molecule has 2 aromatic carbocycles. The third kappa shape index (κ3) is 11.1. The summed E-state index contributed by atoms with van der Waals surface area (Å²) in [5.41, 5.74) is 3.47. The highest BCUT2D eigenvalue weighted by molar-refractivity contribution is 6.30. The topological polar surface area (TPSA) is 96.9 Å². The summed E-state index contributed by atoms with van der Waals surface area (Å²) in [7, 11) is 0. The van der Waals surface area contributed by atoms with E-state index in [4.69, 9.17) is 16.3 Å². The van der Waals surface area contributed by atoms with Crippen molar-refractivity contribution >= 4 is 35.6 Å². The molecule has 0 aliphatic heterocycles. The molecule has 0 unspecified atom stereocenters. The summed E-state index contributed by atoms with van der Waals surface area (Å²) in [6, 6.07) is 13.1. The van der Waals surface area contributed by atoms with E-state index >= 15 is 0 Å². The van der Waals surface area contributed by atoms with Gasteiger partial charge in [0, 0.05) is 11.4 Å². The van der Waals surface area contributed by atoms with E-state index in [0.29, 0.717) is 28.3 Å². The van der Waals surface area contributed by atoms with Gasteiger partial charge in [0.2, 0.25) is 5.91 Å². The number of esters is 1. The second kappa shape index (κ2) is 15.6. The highest BCUT2D eigenvalue weighted by Gasteiger charge is 2.08. The van der Waals surface area contributed by atoms with Gasteiger partial charge in [0.25, 0.3) is 5.91 Å². The van der Waals surface area contributed by atoms with Gasteiger partial charge in [-0.05, 0) is 60.5 Å². The maximum Gasteiger partial charge on any atom is 0.343 e. The first kappa shape index (κ1) is 27.1.